The Hall–Kier alpha value is -0.0466. The van der Waals surface area contributed by atoms with Crippen molar-refractivity contribution in [2.75, 3.05) is 27.2 Å². The van der Waals surface area contributed by atoms with Gasteiger partial charge in [-0.25, -0.2) is 0 Å². The maximum Gasteiger partial charge on any atom is 0 e. The van der Waals surface area contributed by atoms with Crippen LogP contribution in [0.1, 0.15) is 6.42 Å². The summed E-state index contributed by atoms with van der Waals surface area (Å²) in [6.45, 7) is 16.4. The molecule has 2 aliphatic rings. The van der Waals surface area contributed by atoms with Crippen LogP contribution in [-0.2, 0) is 28.8 Å². The molecule has 2 aliphatic heterocycles. The van der Waals surface area contributed by atoms with Crippen LogP contribution < -0.4 is 0 Å². The third-order valence-corrected chi connectivity index (χ3v) is 4.53. The molecule has 0 spiro atoms. The summed E-state index contributed by atoms with van der Waals surface area (Å²) in [4.78, 5) is 6.83. The molecule has 181 valence electrons. The molecule has 2 rings (SSSR count). The minimum absolute atomic E-state index is 0. The van der Waals surface area contributed by atoms with Gasteiger partial charge in [0.15, 0.2) is 0 Å². The van der Waals surface area contributed by atoms with E-state index in [1.54, 1.807) is 33.7 Å². The minimum Gasteiger partial charge on any atom is 0 e. The van der Waals surface area contributed by atoms with E-state index in [2.05, 4.69) is 26.6 Å². The monoisotopic (exact) mass is 644 g/mol. The molecule has 0 aliphatic carbocycles. The fourth-order valence-electron chi connectivity index (χ4n) is 1.72. The Morgan fingerprint density at radius 1 is 0.710 bits per heavy atom. The largest absolute Gasteiger partial charge is 0 e. The van der Waals surface area contributed by atoms with Gasteiger partial charge in [-0.1, -0.05) is 46.4 Å². The van der Waals surface area contributed by atoms with Crippen molar-refractivity contribution in [1.82, 2.24) is 19.6 Å². The first-order valence-corrected chi connectivity index (χ1v) is 10.5. The summed E-state index contributed by atoms with van der Waals surface area (Å²) in [5.74, 6) is 0. The van der Waals surface area contributed by atoms with Gasteiger partial charge in [0.2, 0.25) is 13.3 Å². The second kappa shape index (κ2) is 13.0. The van der Waals surface area contributed by atoms with E-state index in [1.807, 2.05) is 0 Å². The van der Waals surface area contributed by atoms with Crippen molar-refractivity contribution < 1.29 is 54.0 Å². The van der Waals surface area contributed by atoms with Crippen LogP contribution in [0.4, 0.5) is 25.2 Å². The van der Waals surface area contributed by atoms with Crippen molar-refractivity contribution in [2.45, 2.75) is 6.42 Å². The molecule has 2 heterocycles. The maximum atomic E-state index is 9.87. The number of hydrogen-bond donors (Lipinski definition) is 0. The fraction of sp³-hybridized carbons (Fsp3) is 0.385. The van der Waals surface area contributed by atoms with Crippen molar-refractivity contribution in [2.24, 2.45) is 0 Å². The van der Waals surface area contributed by atoms with Gasteiger partial charge in [-0.3, -0.25) is 0 Å². The summed E-state index contributed by atoms with van der Waals surface area (Å²) in [5, 5.41) is 1.91. The summed E-state index contributed by atoms with van der Waals surface area (Å²) in [6, 6.07) is 0. The van der Waals surface area contributed by atoms with Crippen LogP contribution in [0.15, 0.2) is 20.6 Å². The zero-order chi connectivity index (χ0) is 24.6. The Kier molecular flexibility index (Phi) is 14.9. The topological polar surface area (TPSA) is 52.8 Å². The Bertz CT molecular complexity index is 653. The molecule has 0 saturated heterocycles. The zero-order valence-corrected chi connectivity index (χ0v) is 20.8. The number of hydrogen-bond acceptors (Lipinski definition) is 4. The molecule has 0 aromatic carbocycles. The van der Waals surface area contributed by atoms with E-state index in [4.69, 9.17) is 55.7 Å². The molecule has 0 amide bonds. The molecule has 0 aromatic rings. The standard InChI is InChI=1S/C11H12Cl4N4.2CO.F6P.Rh/c1-16-6-18(10(14)8(16)12)4-3-5-19-7-17(2)9(13)11(19)15;2*1-2;1-7(2,3,4,5)6;/h3-5H2,1-2H3;;;;/q;;;-1;. The maximum absolute atomic E-state index is 10.7. The SMILES string of the molecule is CN1[C]N(CCCN2[C]N(C)C(Cl)=C2Cl)C(Cl)=C1Cl.F[P-](F)(F)(F)(F)F.[C-]#[O+].[C-]#[O+].[Rh]. The van der Waals surface area contributed by atoms with Crippen LogP contribution in [0.3, 0.4) is 0 Å². The van der Waals surface area contributed by atoms with Gasteiger partial charge in [0, 0.05) is 46.7 Å². The summed E-state index contributed by atoms with van der Waals surface area (Å²) < 4.78 is 74.2. The Morgan fingerprint density at radius 3 is 1.10 bits per heavy atom. The third kappa shape index (κ3) is 16.2. The first-order chi connectivity index (χ1) is 13.4. The average Bonchev–Trinajstić information content (AvgIpc) is 3.00. The van der Waals surface area contributed by atoms with Crippen LogP contribution in [0.5, 0.6) is 0 Å². The molecular formula is C13H12Cl4F6N4O2PRh-. The van der Waals surface area contributed by atoms with E-state index in [9.17, 15) is 25.2 Å². The Labute approximate surface area is 208 Å². The van der Waals surface area contributed by atoms with Crippen LogP contribution in [0.25, 0.3) is 0 Å². The molecular weight excluding hydrogens is 634 g/mol. The zero-order valence-electron chi connectivity index (χ0n) is 15.3. The first-order valence-electron chi connectivity index (χ1n) is 6.99. The van der Waals surface area contributed by atoms with Gasteiger partial charge >= 0.3 is 55.6 Å². The third-order valence-electron chi connectivity index (χ3n) is 2.71. The Balaban J connectivity index is -0.000000556. The summed E-state index contributed by atoms with van der Waals surface area (Å²) in [6.07, 6.45) is 0.808. The molecule has 5 radical (unpaired) electrons. The van der Waals surface area contributed by atoms with Crippen molar-refractivity contribution in [3.05, 3.63) is 47.3 Å². The van der Waals surface area contributed by atoms with Gasteiger partial charge in [0.1, 0.15) is 20.6 Å². The summed E-state index contributed by atoms with van der Waals surface area (Å²) in [7, 11) is -7.07. The van der Waals surface area contributed by atoms with Crippen molar-refractivity contribution in [1.29, 1.82) is 0 Å². The predicted octanol–water partition coefficient (Wildman–Crippen LogP) is 6.38. The molecule has 18 heteroatoms. The van der Waals surface area contributed by atoms with Gasteiger partial charge in [-0.05, 0) is 6.42 Å². The molecule has 6 nitrogen and oxygen atoms in total. The van der Waals surface area contributed by atoms with E-state index >= 15 is 0 Å². The quantitative estimate of drug-likeness (QED) is 0.0890. The normalized spacial score (nSPS) is 17.9. The van der Waals surface area contributed by atoms with E-state index in [1.165, 1.54) is 0 Å². The fourth-order valence-corrected chi connectivity index (χ4v) is 2.50. The summed E-state index contributed by atoms with van der Waals surface area (Å²) in [5.41, 5.74) is 0. The molecule has 0 N–H and O–H groups in total. The second-order valence-corrected chi connectivity index (χ2v) is 8.45. The number of rotatable bonds is 4. The smallest absolute Gasteiger partial charge is 0 e. The number of nitrogens with zero attached hydrogens (tertiary/aromatic N) is 4. The predicted molar refractivity (Wildman–Crippen MR) is 98.9 cm³/mol. The van der Waals surface area contributed by atoms with Crippen molar-refractivity contribution in [3.8, 4) is 0 Å². The number of halogens is 10. The Morgan fingerprint density at radius 2 is 0.935 bits per heavy atom. The van der Waals surface area contributed by atoms with Crippen molar-refractivity contribution >= 4 is 54.2 Å². The van der Waals surface area contributed by atoms with Gasteiger partial charge in [-0.15, -0.1) is 0 Å². The molecule has 0 atom stereocenters. The molecule has 0 saturated carbocycles. The second-order valence-electron chi connectivity index (χ2n) is 5.10. The average molecular weight is 646 g/mol. The van der Waals surface area contributed by atoms with E-state index in [-0.39, 0.29) is 19.5 Å². The van der Waals surface area contributed by atoms with Crippen LogP contribution in [-0.4, -0.2) is 46.8 Å². The van der Waals surface area contributed by atoms with Gasteiger partial charge in [0.25, 0.3) is 0 Å². The molecule has 0 unspecified atom stereocenters. The van der Waals surface area contributed by atoms with Crippen LogP contribution in [0, 0.1) is 26.6 Å². The molecule has 0 aromatic heterocycles. The molecule has 0 bridgehead atoms. The van der Waals surface area contributed by atoms with E-state index in [0.29, 0.717) is 33.7 Å². The van der Waals surface area contributed by atoms with Crippen LogP contribution in [0.2, 0.25) is 0 Å². The molecule has 31 heavy (non-hydrogen) atoms. The van der Waals surface area contributed by atoms with Crippen molar-refractivity contribution in [3.63, 3.8) is 0 Å². The first kappa shape index (κ1) is 35.5. The van der Waals surface area contributed by atoms with Gasteiger partial charge in [-0.2, -0.15) is 0 Å². The van der Waals surface area contributed by atoms with Crippen LogP contribution >= 0.6 is 54.2 Å². The molecule has 0 fully saturated rings. The van der Waals surface area contributed by atoms with Gasteiger partial charge in [0.05, 0.1) is 0 Å². The van der Waals surface area contributed by atoms with E-state index < -0.39 is 7.81 Å². The van der Waals surface area contributed by atoms with Gasteiger partial charge < -0.3 is 19.6 Å². The minimum atomic E-state index is -10.7. The summed E-state index contributed by atoms with van der Waals surface area (Å²) >= 11 is 24.1. The van der Waals surface area contributed by atoms with E-state index in [0.717, 1.165) is 6.42 Å².